The van der Waals surface area contributed by atoms with Crippen molar-refractivity contribution in [2.75, 3.05) is 26.2 Å². The third kappa shape index (κ3) is 4.09. The zero-order valence-corrected chi connectivity index (χ0v) is 10.6. The Balaban J connectivity index is 2.27. The number of hydrogen-bond donors (Lipinski definition) is 2. The van der Waals surface area contributed by atoms with Gasteiger partial charge in [-0.05, 0) is 39.7 Å². The number of nitrogens with zero attached hydrogens (tertiary/aromatic N) is 1. The summed E-state index contributed by atoms with van der Waals surface area (Å²) in [5.74, 6) is 0.643. The second-order valence-corrected chi connectivity index (χ2v) is 5.73. The third-order valence-corrected chi connectivity index (χ3v) is 3.24. The Morgan fingerprint density at radius 2 is 2.07 bits per heavy atom. The van der Waals surface area contributed by atoms with Crippen LogP contribution in [-0.2, 0) is 0 Å². The minimum atomic E-state index is 0.194. The molecule has 0 spiro atoms. The third-order valence-electron chi connectivity index (χ3n) is 3.24. The highest BCUT2D eigenvalue weighted by molar-refractivity contribution is 4.84. The molecule has 0 saturated carbocycles. The SMILES string of the molecule is CC1CCN(CCNC(C)(C)C)C1CO. The fourth-order valence-corrected chi connectivity index (χ4v) is 2.24. The van der Waals surface area contributed by atoms with Crippen LogP contribution in [0.25, 0.3) is 0 Å². The van der Waals surface area contributed by atoms with Crippen LogP contribution in [0.2, 0.25) is 0 Å². The van der Waals surface area contributed by atoms with E-state index in [1.807, 2.05) is 0 Å². The Bertz CT molecular complexity index is 189. The van der Waals surface area contributed by atoms with Crippen molar-refractivity contribution in [3.63, 3.8) is 0 Å². The highest BCUT2D eigenvalue weighted by Gasteiger charge is 2.29. The van der Waals surface area contributed by atoms with Crippen LogP contribution < -0.4 is 5.32 Å². The lowest BCUT2D eigenvalue weighted by molar-refractivity contribution is 0.138. The lowest BCUT2D eigenvalue weighted by atomic mass is 10.0. The number of aliphatic hydroxyl groups excluding tert-OH is 1. The number of aliphatic hydroxyl groups is 1. The summed E-state index contributed by atoms with van der Waals surface area (Å²) in [4.78, 5) is 2.41. The molecular weight excluding hydrogens is 188 g/mol. The largest absolute Gasteiger partial charge is 0.395 e. The minimum Gasteiger partial charge on any atom is -0.395 e. The predicted molar refractivity (Wildman–Crippen MR) is 64.0 cm³/mol. The lowest BCUT2D eigenvalue weighted by Gasteiger charge is -2.27. The van der Waals surface area contributed by atoms with Gasteiger partial charge in [0.1, 0.15) is 0 Å². The summed E-state index contributed by atoms with van der Waals surface area (Å²) in [6.07, 6.45) is 1.22. The second-order valence-electron chi connectivity index (χ2n) is 5.73. The molecule has 0 aliphatic carbocycles. The maximum absolute atomic E-state index is 9.30. The van der Waals surface area contributed by atoms with Crippen molar-refractivity contribution in [1.29, 1.82) is 0 Å². The first-order valence-electron chi connectivity index (χ1n) is 6.04. The van der Waals surface area contributed by atoms with Gasteiger partial charge in [0.2, 0.25) is 0 Å². The molecule has 1 aliphatic rings. The second kappa shape index (κ2) is 5.28. The summed E-state index contributed by atoms with van der Waals surface area (Å²) in [7, 11) is 0. The molecule has 0 aromatic heterocycles. The maximum Gasteiger partial charge on any atom is 0.0589 e. The van der Waals surface area contributed by atoms with E-state index in [4.69, 9.17) is 0 Å². The molecule has 3 nitrogen and oxygen atoms in total. The van der Waals surface area contributed by atoms with Crippen LogP contribution in [0.15, 0.2) is 0 Å². The molecule has 1 aliphatic heterocycles. The normalized spacial score (nSPS) is 28.6. The van der Waals surface area contributed by atoms with Crippen LogP contribution in [0.1, 0.15) is 34.1 Å². The molecule has 0 amide bonds. The summed E-state index contributed by atoms with van der Waals surface area (Å²) in [6, 6.07) is 0.381. The first kappa shape index (κ1) is 12.9. The first-order valence-corrected chi connectivity index (χ1v) is 6.04. The zero-order chi connectivity index (χ0) is 11.5. The Morgan fingerprint density at radius 1 is 1.40 bits per heavy atom. The summed E-state index contributed by atoms with van der Waals surface area (Å²) >= 11 is 0. The van der Waals surface area contributed by atoms with Crippen molar-refractivity contribution < 1.29 is 5.11 Å². The van der Waals surface area contributed by atoms with E-state index in [9.17, 15) is 5.11 Å². The summed E-state index contributed by atoms with van der Waals surface area (Å²) < 4.78 is 0. The summed E-state index contributed by atoms with van der Waals surface area (Å²) in [5, 5.41) is 12.8. The van der Waals surface area contributed by atoms with Crippen LogP contribution in [0.4, 0.5) is 0 Å². The van der Waals surface area contributed by atoms with E-state index < -0.39 is 0 Å². The average molecular weight is 214 g/mol. The molecule has 3 heteroatoms. The standard InChI is InChI=1S/C12H26N2O/c1-10-5-7-14(11(10)9-15)8-6-13-12(2,3)4/h10-11,13,15H,5-9H2,1-4H3. The number of rotatable bonds is 4. The van der Waals surface area contributed by atoms with Crippen LogP contribution in [-0.4, -0.2) is 47.8 Å². The molecule has 2 N–H and O–H groups in total. The first-order chi connectivity index (χ1) is 6.94. The molecule has 0 aromatic carbocycles. The van der Waals surface area contributed by atoms with Gasteiger partial charge in [-0.2, -0.15) is 0 Å². The molecular formula is C12H26N2O. The summed E-state index contributed by atoms with van der Waals surface area (Å²) in [5.41, 5.74) is 0.194. The minimum absolute atomic E-state index is 0.194. The molecule has 1 heterocycles. The van der Waals surface area contributed by atoms with E-state index in [-0.39, 0.29) is 5.54 Å². The van der Waals surface area contributed by atoms with E-state index >= 15 is 0 Å². The molecule has 0 radical (unpaired) electrons. The van der Waals surface area contributed by atoms with Crippen LogP contribution in [0.5, 0.6) is 0 Å². The van der Waals surface area contributed by atoms with Crippen LogP contribution in [0, 0.1) is 5.92 Å². The number of hydrogen-bond acceptors (Lipinski definition) is 3. The summed E-state index contributed by atoms with van der Waals surface area (Å²) in [6.45, 7) is 12.3. The van der Waals surface area contributed by atoms with E-state index in [2.05, 4.69) is 37.9 Å². The van der Waals surface area contributed by atoms with Gasteiger partial charge in [-0.25, -0.2) is 0 Å². The highest BCUT2D eigenvalue weighted by Crippen LogP contribution is 2.22. The van der Waals surface area contributed by atoms with E-state index in [0.29, 0.717) is 18.6 Å². The monoisotopic (exact) mass is 214 g/mol. The van der Waals surface area contributed by atoms with E-state index in [1.165, 1.54) is 6.42 Å². The Hall–Kier alpha value is -0.120. The van der Waals surface area contributed by atoms with Gasteiger partial charge in [0.05, 0.1) is 6.61 Å². The predicted octanol–water partition coefficient (Wildman–Crippen LogP) is 1.08. The van der Waals surface area contributed by atoms with Gasteiger partial charge >= 0.3 is 0 Å². The topological polar surface area (TPSA) is 35.5 Å². The van der Waals surface area contributed by atoms with Gasteiger partial charge < -0.3 is 10.4 Å². The Labute approximate surface area is 93.9 Å². The van der Waals surface area contributed by atoms with Gasteiger partial charge in [0.25, 0.3) is 0 Å². The van der Waals surface area contributed by atoms with Crippen LogP contribution >= 0.6 is 0 Å². The molecule has 15 heavy (non-hydrogen) atoms. The van der Waals surface area contributed by atoms with Gasteiger partial charge in [-0.3, -0.25) is 4.90 Å². The smallest absolute Gasteiger partial charge is 0.0589 e. The van der Waals surface area contributed by atoms with Crippen LogP contribution in [0.3, 0.4) is 0 Å². The van der Waals surface area contributed by atoms with Gasteiger partial charge in [0.15, 0.2) is 0 Å². The molecule has 2 unspecified atom stereocenters. The molecule has 2 atom stereocenters. The molecule has 1 saturated heterocycles. The highest BCUT2D eigenvalue weighted by atomic mass is 16.3. The van der Waals surface area contributed by atoms with Crippen molar-refractivity contribution in [2.45, 2.75) is 45.7 Å². The Morgan fingerprint density at radius 3 is 2.60 bits per heavy atom. The number of likely N-dealkylation sites (tertiary alicyclic amines) is 1. The quantitative estimate of drug-likeness (QED) is 0.735. The average Bonchev–Trinajstić information content (AvgIpc) is 2.44. The lowest BCUT2D eigenvalue weighted by Crippen LogP contribution is -2.44. The zero-order valence-electron chi connectivity index (χ0n) is 10.6. The van der Waals surface area contributed by atoms with Crippen molar-refractivity contribution >= 4 is 0 Å². The van der Waals surface area contributed by atoms with Gasteiger partial charge in [-0.1, -0.05) is 6.92 Å². The Kier molecular flexibility index (Phi) is 4.56. The van der Waals surface area contributed by atoms with Crippen molar-refractivity contribution in [2.24, 2.45) is 5.92 Å². The maximum atomic E-state index is 9.30. The molecule has 90 valence electrons. The van der Waals surface area contributed by atoms with Gasteiger partial charge in [-0.15, -0.1) is 0 Å². The van der Waals surface area contributed by atoms with Gasteiger partial charge in [0, 0.05) is 24.7 Å². The molecule has 1 fully saturated rings. The van der Waals surface area contributed by atoms with E-state index in [0.717, 1.165) is 19.6 Å². The van der Waals surface area contributed by atoms with E-state index in [1.54, 1.807) is 0 Å². The fraction of sp³-hybridized carbons (Fsp3) is 1.00. The van der Waals surface area contributed by atoms with Crippen molar-refractivity contribution in [1.82, 2.24) is 10.2 Å². The number of nitrogens with one attached hydrogen (secondary N) is 1. The molecule has 0 bridgehead atoms. The van der Waals surface area contributed by atoms with Crippen molar-refractivity contribution in [3.05, 3.63) is 0 Å². The molecule has 0 aromatic rings. The molecule has 1 rings (SSSR count). The fourth-order valence-electron chi connectivity index (χ4n) is 2.24. The van der Waals surface area contributed by atoms with Crippen molar-refractivity contribution in [3.8, 4) is 0 Å².